The van der Waals surface area contributed by atoms with E-state index in [9.17, 15) is 9.59 Å². The van der Waals surface area contributed by atoms with E-state index in [1.807, 2.05) is 0 Å². The number of aromatic amines is 2. The van der Waals surface area contributed by atoms with E-state index in [-0.39, 0.29) is 16.2 Å². The van der Waals surface area contributed by atoms with Gasteiger partial charge < -0.3 is 15.0 Å². The highest BCUT2D eigenvalue weighted by atomic mass is 32.1. The average molecular weight is 315 g/mol. The third-order valence-electron chi connectivity index (χ3n) is 3.82. The molecular weight excluding hydrogens is 302 g/mol. The molecular formula is C15H13N3O3S. The molecule has 0 atom stereocenters. The molecule has 1 aromatic heterocycles. The molecule has 0 spiro atoms. The molecule has 1 aliphatic heterocycles. The lowest BCUT2D eigenvalue weighted by Crippen LogP contribution is -2.25. The highest BCUT2D eigenvalue weighted by Crippen LogP contribution is 2.33. The minimum Gasteiger partial charge on any atom is -0.440 e. The van der Waals surface area contributed by atoms with Gasteiger partial charge in [0.2, 0.25) is 5.88 Å². The number of ether oxygens (including phenoxy) is 1. The molecule has 0 radical (unpaired) electrons. The molecule has 7 heteroatoms. The summed E-state index contributed by atoms with van der Waals surface area (Å²) >= 11 is 4.94. The van der Waals surface area contributed by atoms with Crippen LogP contribution >= 0.6 is 12.2 Å². The zero-order valence-electron chi connectivity index (χ0n) is 11.6. The van der Waals surface area contributed by atoms with E-state index in [4.69, 9.17) is 17.0 Å². The summed E-state index contributed by atoms with van der Waals surface area (Å²) in [5.74, 6) is 0.917. The molecule has 3 N–H and O–H groups in total. The number of nitrogens with one attached hydrogen (secondary N) is 3. The Bertz CT molecular complexity index is 896. The predicted octanol–water partition coefficient (Wildman–Crippen LogP) is 2.02. The quantitative estimate of drug-likeness (QED) is 0.631. The van der Waals surface area contributed by atoms with Gasteiger partial charge in [-0.05, 0) is 43.3 Å². The van der Waals surface area contributed by atoms with Gasteiger partial charge in [0.15, 0.2) is 4.77 Å². The summed E-state index contributed by atoms with van der Waals surface area (Å²) in [4.78, 5) is 29.4. The average Bonchev–Trinajstić information content (AvgIpc) is 3.29. The smallest absolute Gasteiger partial charge is 0.259 e. The van der Waals surface area contributed by atoms with Gasteiger partial charge in [-0.1, -0.05) is 0 Å². The molecule has 22 heavy (non-hydrogen) atoms. The summed E-state index contributed by atoms with van der Waals surface area (Å²) in [7, 11) is 0. The van der Waals surface area contributed by atoms with Crippen molar-refractivity contribution >= 4 is 18.1 Å². The van der Waals surface area contributed by atoms with Crippen LogP contribution in [0, 0.1) is 4.77 Å². The van der Waals surface area contributed by atoms with Crippen molar-refractivity contribution in [1.82, 2.24) is 15.3 Å². The first-order valence-electron chi connectivity index (χ1n) is 7.07. The highest BCUT2D eigenvalue weighted by molar-refractivity contribution is 7.71. The van der Waals surface area contributed by atoms with E-state index in [1.54, 1.807) is 18.2 Å². The number of aromatic nitrogens is 2. The van der Waals surface area contributed by atoms with Crippen molar-refractivity contribution in [3.63, 3.8) is 0 Å². The molecule has 2 aromatic rings. The molecule has 2 heterocycles. The SMILES string of the molecule is O=C(NC1CC1)c1ccc2c(c1)Cc1c([nH]c(=S)[nH]c1=O)O2. The first-order chi connectivity index (χ1) is 10.6. The third-order valence-corrected chi connectivity index (χ3v) is 4.02. The van der Waals surface area contributed by atoms with Gasteiger partial charge in [0.25, 0.3) is 11.5 Å². The number of amides is 1. The number of rotatable bonds is 2. The standard InChI is InChI=1S/C15H13N3O3S/c19-12(16-9-2-3-9)7-1-4-11-8(5-7)6-10-13(20)17-15(22)18-14(10)21-11/h1,4-5,9H,2-3,6H2,(H,16,19)(H2,17,18,20,22). The highest BCUT2D eigenvalue weighted by Gasteiger charge is 2.25. The van der Waals surface area contributed by atoms with E-state index < -0.39 is 0 Å². The number of carbonyl (C=O) groups is 1. The van der Waals surface area contributed by atoms with Crippen LogP contribution < -0.4 is 15.6 Å². The Labute approximate surface area is 130 Å². The minimum atomic E-state index is -0.266. The molecule has 1 fully saturated rings. The van der Waals surface area contributed by atoms with Crippen molar-refractivity contribution in [2.24, 2.45) is 0 Å². The summed E-state index contributed by atoms with van der Waals surface area (Å²) in [6, 6.07) is 5.56. The number of benzene rings is 1. The van der Waals surface area contributed by atoms with E-state index in [0.717, 1.165) is 18.4 Å². The second-order valence-electron chi connectivity index (χ2n) is 5.57. The second-order valence-corrected chi connectivity index (χ2v) is 5.97. The lowest BCUT2D eigenvalue weighted by atomic mass is 10.0. The maximum absolute atomic E-state index is 12.1. The van der Waals surface area contributed by atoms with Crippen LogP contribution in [0.2, 0.25) is 0 Å². The Morgan fingerprint density at radius 2 is 2.14 bits per heavy atom. The van der Waals surface area contributed by atoms with Gasteiger partial charge in [-0.25, -0.2) is 0 Å². The molecule has 6 nitrogen and oxygen atoms in total. The Morgan fingerprint density at radius 1 is 1.32 bits per heavy atom. The van der Waals surface area contributed by atoms with E-state index >= 15 is 0 Å². The van der Waals surface area contributed by atoms with Crippen LogP contribution in [-0.2, 0) is 6.42 Å². The van der Waals surface area contributed by atoms with Crippen LogP contribution in [-0.4, -0.2) is 21.9 Å². The topological polar surface area (TPSA) is 87.0 Å². The van der Waals surface area contributed by atoms with Crippen LogP contribution in [0.4, 0.5) is 0 Å². The predicted molar refractivity (Wildman–Crippen MR) is 82.1 cm³/mol. The number of H-pyrrole nitrogens is 2. The molecule has 1 amide bonds. The minimum absolute atomic E-state index is 0.0857. The van der Waals surface area contributed by atoms with Crippen molar-refractivity contribution in [3.05, 3.63) is 50.0 Å². The summed E-state index contributed by atoms with van der Waals surface area (Å²) in [5, 5.41) is 2.95. The van der Waals surface area contributed by atoms with Crippen LogP contribution in [0.3, 0.4) is 0 Å². The van der Waals surface area contributed by atoms with Crippen molar-refractivity contribution < 1.29 is 9.53 Å². The van der Waals surface area contributed by atoms with E-state index in [1.165, 1.54) is 0 Å². The molecule has 0 bridgehead atoms. The Hall–Kier alpha value is -2.41. The molecule has 0 saturated heterocycles. The second kappa shape index (κ2) is 4.81. The fourth-order valence-corrected chi connectivity index (χ4v) is 2.68. The van der Waals surface area contributed by atoms with Gasteiger partial charge in [0.05, 0.1) is 5.56 Å². The van der Waals surface area contributed by atoms with Crippen LogP contribution in [0.25, 0.3) is 0 Å². The molecule has 1 aliphatic carbocycles. The number of carbonyl (C=O) groups excluding carboxylic acids is 1. The Kier molecular flexibility index (Phi) is 2.90. The van der Waals surface area contributed by atoms with Gasteiger partial charge in [0.1, 0.15) is 5.75 Å². The van der Waals surface area contributed by atoms with Crippen LogP contribution in [0.15, 0.2) is 23.0 Å². The van der Waals surface area contributed by atoms with Crippen molar-refractivity contribution in [1.29, 1.82) is 0 Å². The zero-order chi connectivity index (χ0) is 15.3. The lowest BCUT2D eigenvalue weighted by Gasteiger charge is -2.19. The first kappa shape index (κ1) is 13.3. The molecule has 0 unspecified atom stereocenters. The number of hydrogen-bond acceptors (Lipinski definition) is 4. The zero-order valence-corrected chi connectivity index (χ0v) is 12.4. The van der Waals surface area contributed by atoms with Gasteiger partial charge in [-0.3, -0.25) is 14.6 Å². The van der Waals surface area contributed by atoms with Crippen molar-refractivity contribution in [2.75, 3.05) is 0 Å². The fraction of sp³-hybridized carbons (Fsp3) is 0.267. The Balaban J connectivity index is 1.69. The van der Waals surface area contributed by atoms with Crippen LogP contribution in [0.1, 0.15) is 34.3 Å². The molecule has 112 valence electrons. The summed E-state index contributed by atoms with van der Waals surface area (Å²) < 4.78 is 5.92. The monoisotopic (exact) mass is 315 g/mol. The maximum Gasteiger partial charge on any atom is 0.259 e. The molecule has 4 rings (SSSR count). The summed E-state index contributed by atoms with van der Waals surface area (Å²) in [6.45, 7) is 0. The normalized spacial score (nSPS) is 15.5. The van der Waals surface area contributed by atoms with E-state index in [0.29, 0.717) is 35.2 Å². The fourth-order valence-electron chi connectivity index (χ4n) is 2.49. The number of fused-ring (bicyclic) bond motifs is 2. The largest absolute Gasteiger partial charge is 0.440 e. The molecule has 1 saturated carbocycles. The maximum atomic E-state index is 12.1. The van der Waals surface area contributed by atoms with E-state index in [2.05, 4.69) is 15.3 Å². The molecule has 1 aromatic carbocycles. The first-order valence-corrected chi connectivity index (χ1v) is 7.48. The Morgan fingerprint density at radius 3 is 2.91 bits per heavy atom. The molecule has 2 aliphatic rings. The lowest BCUT2D eigenvalue weighted by molar-refractivity contribution is 0.0951. The summed E-state index contributed by atoms with van der Waals surface area (Å²) in [5.41, 5.74) is 1.61. The van der Waals surface area contributed by atoms with Crippen LogP contribution in [0.5, 0.6) is 11.6 Å². The number of hydrogen-bond donors (Lipinski definition) is 3. The summed E-state index contributed by atoms with van der Waals surface area (Å²) in [6.07, 6.45) is 2.49. The van der Waals surface area contributed by atoms with Crippen molar-refractivity contribution in [3.8, 4) is 11.6 Å². The van der Waals surface area contributed by atoms with Crippen molar-refractivity contribution in [2.45, 2.75) is 25.3 Å². The van der Waals surface area contributed by atoms with Gasteiger partial charge in [0, 0.05) is 23.6 Å². The van der Waals surface area contributed by atoms with Gasteiger partial charge in [-0.2, -0.15) is 0 Å². The van der Waals surface area contributed by atoms with Gasteiger partial charge in [-0.15, -0.1) is 0 Å². The van der Waals surface area contributed by atoms with Gasteiger partial charge >= 0.3 is 0 Å². The third kappa shape index (κ3) is 2.33.